The molecule has 190 valence electrons. The van der Waals surface area contributed by atoms with Gasteiger partial charge in [0.1, 0.15) is 5.82 Å². The molecule has 3 aromatic rings. The lowest BCUT2D eigenvalue weighted by atomic mass is 9.90. The van der Waals surface area contributed by atoms with Crippen LogP contribution in [-0.4, -0.2) is 33.2 Å². The molecule has 2 N–H and O–H groups in total. The number of nitrogens with one attached hydrogen (secondary N) is 2. The third-order valence-corrected chi connectivity index (χ3v) is 5.66. The molecule has 0 bridgehead atoms. The predicted octanol–water partition coefficient (Wildman–Crippen LogP) is 6.01. The van der Waals surface area contributed by atoms with Gasteiger partial charge in [0.2, 0.25) is 0 Å². The summed E-state index contributed by atoms with van der Waals surface area (Å²) < 4.78 is 132. The van der Waals surface area contributed by atoms with E-state index in [-0.39, 0.29) is 27.7 Å². The number of rotatable bonds is 6. The van der Waals surface area contributed by atoms with Gasteiger partial charge in [-0.05, 0) is 42.3 Å². The topological polar surface area (TPSA) is 88.1 Å². The first kappa shape index (κ1) is 26.2. The van der Waals surface area contributed by atoms with Gasteiger partial charge in [-0.3, -0.25) is 0 Å². The molecule has 1 atom stereocenters. The van der Waals surface area contributed by atoms with Crippen LogP contribution < -0.4 is 9.47 Å². The van der Waals surface area contributed by atoms with Gasteiger partial charge in [-0.2, -0.15) is 0 Å². The molecule has 1 heterocycles. The molecule has 3 rings (SSSR count). The van der Waals surface area contributed by atoms with E-state index in [1.165, 1.54) is 6.92 Å². The molecule has 0 aliphatic rings. The van der Waals surface area contributed by atoms with Crippen LogP contribution in [-0.2, 0) is 9.73 Å². The molecule has 0 radical (unpaired) electrons. The summed E-state index contributed by atoms with van der Waals surface area (Å²) in [6.45, 7) is 1.40. The van der Waals surface area contributed by atoms with Gasteiger partial charge in [-0.25, -0.2) is 22.8 Å². The molecular weight excluding hydrogens is 514 g/mol. The number of halogens is 8. The van der Waals surface area contributed by atoms with Crippen LogP contribution in [0.4, 0.5) is 35.1 Å². The first-order chi connectivity index (χ1) is 15.9. The molecule has 2 aromatic carbocycles. The summed E-state index contributed by atoms with van der Waals surface area (Å²) in [7, 11) is -3.40. The maximum Gasteiger partial charge on any atom is 0.573 e. The lowest BCUT2D eigenvalue weighted by Crippen LogP contribution is -2.19. The van der Waals surface area contributed by atoms with E-state index in [2.05, 4.69) is 19.4 Å². The quantitative estimate of drug-likeness (QED) is 0.383. The van der Waals surface area contributed by atoms with Crippen molar-refractivity contribution in [2.75, 3.05) is 6.26 Å². The fourth-order valence-corrected chi connectivity index (χ4v) is 4.20. The van der Waals surface area contributed by atoms with E-state index in [1.54, 1.807) is 0 Å². The van der Waals surface area contributed by atoms with Crippen LogP contribution in [0.15, 0.2) is 41.4 Å². The van der Waals surface area contributed by atoms with Gasteiger partial charge in [0.15, 0.2) is 28.2 Å². The maximum absolute atomic E-state index is 14.0. The minimum atomic E-state index is -5.26. The van der Waals surface area contributed by atoms with E-state index in [4.69, 9.17) is 4.78 Å². The number of hydrogen-bond donors (Lipinski definition) is 2. The Hall–Kier alpha value is -3.36. The largest absolute Gasteiger partial charge is 0.573 e. The van der Waals surface area contributed by atoms with Gasteiger partial charge in [0, 0.05) is 11.9 Å². The van der Waals surface area contributed by atoms with E-state index >= 15 is 0 Å². The SMILES string of the molecule is Cc1[nH]c(C(c2ccc(F)c(OC(F)(F)F)c2)c2ccc(F)c(OC(F)(F)F)c2)nc1S(C)(=N)=O. The van der Waals surface area contributed by atoms with E-state index in [0.717, 1.165) is 18.4 Å². The molecule has 0 fully saturated rings. The Bertz CT molecular complexity index is 1290. The van der Waals surface area contributed by atoms with Crippen molar-refractivity contribution < 1.29 is 48.8 Å². The Kier molecular flexibility index (Phi) is 6.76. The number of imidazole rings is 1. The Morgan fingerprint density at radius 2 is 1.34 bits per heavy atom. The second-order valence-electron chi connectivity index (χ2n) is 7.30. The maximum atomic E-state index is 14.0. The van der Waals surface area contributed by atoms with Crippen LogP contribution in [0.1, 0.15) is 28.6 Å². The van der Waals surface area contributed by atoms with E-state index < -0.39 is 51.5 Å². The highest BCUT2D eigenvalue weighted by atomic mass is 32.2. The lowest BCUT2D eigenvalue weighted by molar-refractivity contribution is -0.276. The number of H-pyrrole nitrogens is 1. The third-order valence-electron chi connectivity index (χ3n) is 4.53. The summed E-state index contributed by atoms with van der Waals surface area (Å²) in [4.78, 5) is 6.74. The van der Waals surface area contributed by atoms with E-state index in [0.29, 0.717) is 24.3 Å². The second kappa shape index (κ2) is 9.02. The molecule has 0 spiro atoms. The molecule has 0 aliphatic heterocycles. The highest BCUT2D eigenvalue weighted by Crippen LogP contribution is 2.38. The van der Waals surface area contributed by atoms with Crippen LogP contribution in [0.2, 0.25) is 0 Å². The summed E-state index contributed by atoms with van der Waals surface area (Å²) in [6.07, 6.45) is -9.47. The summed E-state index contributed by atoms with van der Waals surface area (Å²) in [5, 5.41) is -0.222. The average Bonchev–Trinajstić information content (AvgIpc) is 3.06. The van der Waals surface area contributed by atoms with Crippen molar-refractivity contribution in [3.05, 3.63) is 70.7 Å². The summed E-state index contributed by atoms with van der Waals surface area (Å²) >= 11 is 0. The van der Waals surface area contributed by atoms with Crippen molar-refractivity contribution in [2.45, 2.75) is 30.6 Å². The summed E-state index contributed by atoms with van der Waals surface area (Å²) in [5.41, 5.74) is -0.193. The van der Waals surface area contributed by atoms with Gasteiger partial charge < -0.3 is 14.5 Å². The zero-order chi connectivity index (χ0) is 26.3. The standard InChI is InChI=1S/C20H15F8N3O3S/c1-9-18(35(2,29)32)31-17(30-9)16(10-3-5-12(21)14(7-10)33-19(23,24)25)11-4-6-13(22)15(8-11)34-20(26,27)28/h3-8,16,29H,1-2H3,(H,30,31). The monoisotopic (exact) mass is 529 g/mol. The number of ether oxygens (including phenoxy) is 2. The number of aryl methyl sites for hydroxylation is 1. The Labute approximate surface area is 192 Å². The van der Waals surface area contributed by atoms with Gasteiger partial charge in [0.25, 0.3) is 0 Å². The van der Waals surface area contributed by atoms with Crippen LogP contribution in [0.3, 0.4) is 0 Å². The summed E-state index contributed by atoms with van der Waals surface area (Å²) in [6, 6.07) is 4.57. The minimum absolute atomic E-state index is 0.134. The van der Waals surface area contributed by atoms with Crippen LogP contribution >= 0.6 is 0 Å². The first-order valence-electron chi connectivity index (χ1n) is 9.35. The zero-order valence-electron chi connectivity index (χ0n) is 17.6. The van der Waals surface area contributed by atoms with Gasteiger partial charge in [-0.15, -0.1) is 26.3 Å². The molecule has 0 saturated heterocycles. The molecule has 0 amide bonds. The normalized spacial score (nSPS) is 14.1. The number of nitrogens with zero attached hydrogens (tertiary/aromatic N) is 1. The number of benzene rings is 2. The van der Waals surface area contributed by atoms with Crippen LogP contribution in [0, 0.1) is 23.3 Å². The molecule has 35 heavy (non-hydrogen) atoms. The predicted molar refractivity (Wildman–Crippen MR) is 105 cm³/mol. The Morgan fingerprint density at radius 1 is 0.914 bits per heavy atom. The molecular formula is C20H15F8N3O3S. The van der Waals surface area contributed by atoms with Crippen molar-refractivity contribution >= 4 is 9.73 Å². The average molecular weight is 529 g/mol. The van der Waals surface area contributed by atoms with E-state index in [1.807, 2.05) is 0 Å². The van der Waals surface area contributed by atoms with E-state index in [9.17, 15) is 39.3 Å². The Morgan fingerprint density at radius 3 is 1.69 bits per heavy atom. The third kappa shape index (κ3) is 6.41. The van der Waals surface area contributed by atoms with Crippen LogP contribution in [0.5, 0.6) is 11.5 Å². The highest BCUT2D eigenvalue weighted by Gasteiger charge is 2.35. The van der Waals surface area contributed by atoms with Gasteiger partial charge in [-0.1, -0.05) is 12.1 Å². The lowest BCUT2D eigenvalue weighted by Gasteiger charge is -2.19. The first-order valence-corrected chi connectivity index (χ1v) is 11.3. The van der Waals surface area contributed by atoms with Crippen molar-refractivity contribution in [3.8, 4) is 11.5 Å². The fourth-order valence-electron chi connectivity index (χ4n) is 3.30. The van der Waals surface area contributed by atoms with Gasteiger partial charge in [0.05, 0.1) is 15.6 Å². The highest BCUT2D eigenvalue weighted by molar-refractivity contribution is 7.91. The van der Waals surface area contributed by atoms with Crippen molar-refractivity contribution in [3.63, 3.8) is 0 Å². The van der Waals surface area contributed by atoms with Gasteiger partial charge >= 0.3 is 12.7 Å². The molecule has 1 unspecified atom stereocenters. The fraction of sp³-hybridized carbons (Fsp3) is 0.250. The molecule has 0 aliphatic carbocycles. The number of alkyl halides is 6. The van der Waals surface area contributed by atoms with Crippen molar-refractivity contribution in [1.82, 2.24) is 9.97 Å². The number of hydrogen-bond acceptors (Lipinski definition) is 5. The minimum Gasteiger partial charge on any atom is -0.403 e. The molecule has 0 saturated carbocycles. The summed E-state index contributed by atoms with van der Waals surface area (Å²) in [5.74, 6) is -6.78. The number of aromatic amines is 1. The number of aromatic nitrogens is 2. The Balaban J connectivity index is 2.25. The smallest absolute Gasteiger partial charge is 0.403 e. The van der Waals surface area contributed by atoms with Crippen molar-refractivity contribution in [1.29, 1.82) is 4.78 Å². The zero-order valence-corrected chi connectivity index (χ0v) is 18.5. The van der Waals surface area contributed by atoms with Crippen molar-refractivity contribution in [2.24, 2.45) is 0 Å². The van der Waals surface area contributed by atoms with Crippen LogP contribution in [0.25, 0.3) is 0 Å². The molecule has 15 heteroatoms. The molecule has 6 nitrogen and oxygen atoms in total. The second-order valence-corrected chi connectivity index (χ2v) is 9.38. The molecule has 1 aromatic heterocycles.